The molecule has 0 unspecified atom stereocenters. The largest absolute Gasteiger partial charge is 0.377 e. The molecule has 0 aromatic rings. The molecule has 0 aromatic heterocycles. The Labute approximate surface area is 117 Å². The van der Waals surface area contributed by atoms with Gasteiger partial charge in [0.05, 0.1) is 45.2 Å². The zero-order valence-electron chi connectivity index (χ0n) is 13.4. The van der Waals surface area contributed by atoms with E-state index in [1.165, 1.54) is 0 Å². The van der Waals surface area contributed by atoms with Gasteiger partial charge in [-0.15, -0.1) is 0 Å². The fourth-order valence-electron chi connectivity index (χ4n) is 1.10. The fourth-order valence-corrected chi connectivity index (χ4v) is 1.10. The average Bonchev–Trinajstić information content (AvgIpc) is 2.22. The summed E-state index contributed by atoms with van der Waals surface area (Å²) in [5, 5.41) is 0. The van der Waals surface area contributed by atoms with Crippen molar-refractivity contribution in [2.24, 2.45) is 0 Å². The summed E-state index contributed by atoms with van der Waals surface area (Å²) in [4.78, 5) is 5.24. The van der Waals surface area contributed by atoms with E-state index in [0.29, 0.717) is 39.6 Å². The van der Waals surface area contributed by atoms with Crippen LogP contribution in [0.4, 0.5) is 0 Å². The van der Waals surface area contributed by atoms with Crippen molar-refractivity contribution < 1.29 is 19.0 Å². The Morgan fingerprint density at radius 3 is 1.63 bits per heavy atom. The molecule has 0 heterocycles. The first kappa shape index (κ1) is 18.8. The number of nitrogens with one attached hydrogen (secondary N) is 1. The minimum atomic E-state index is -0.0999. The first-order valence-corrected chi connectivity index (χ1v) is 6.89. The minimum Gasteiger partial charge on any atom is -0.377 e. The van der Waals surface area contributed by atoms with Crippen molar-refractivity contribution in [3.8, 4) is 0 Å². The lowest BCUT2D eigenvalue weighted by atomic mass is 10.1. The number of hydrogen-bond donors (Lipinski definition) is 1. The molecular weight excluding hydrogens is 246 g/mol. The van der Waals surface area contributed by atoms with Gasteiger partial charge in [0.1, 0.15) is 0 Å². The van der Waals surface area contributed by atoms with Crippen LogP contribution in [0.25, 0.3) is 0 Å². The molecule has 0 saturated heterocycles. The van der Waals surface area contributed by atoms with Gasteiger partial charge >= 0.3 is 0 Å². The second-order valence-corrected chi connectivity index (χ2v) is 6.39. The van der Waals surface area contributed by atoms with Crippen LogP contribution < -0.4 is 5.48 Å². The Kier molecular flexibility index (Phi) is 9.56. The molecule has 19 heavy (non-hydrogen) atoms. The maximum absolute atomic E-state index is 5.53. The summed E-state index contributed by atoms with van der Waals surface area (Å²) in [6, 6.07) is 0. The standard InChI is InChI=1S/C14H31NO4/c1-13(2,3)15-19-12-10-17-8-7-16-9-11-18-14(4,5)6/h15H,7-12H2,1-6H3. The molecule has 0 aliphatic rings. The van der Waals surface area contributed by atoms with E-state index in [0.717, 1.165) is 0 Å². The maximum atomic E-state index is 5.53. The number of rotatable bonds is 10. The summed E-state index contributed by atoms with van der Waals surface area (Å²) in [7, 11) is 0. The van der Waals surface area contributed by atoms with E-state index in [1.807, 2.05) is 41.5 Å². The Morgan fingerprint density at radius 1 is 0.684 bits per heavy atom. The quantitative estimate of drug-likeness (QED) is 0.490. The van der Waals surface area contributed by atoms with E-state index < -0.39 is 0 Å². The van der Waals surface area contributed by atoms with Crippen LogP contribution in [0.15, 0.2) is 0 Å². The van der Waals surface area contributed by atoms with Crippen LogP contribution in [0.3, 0.4) is 0 Å². The van der Waals surface area contributed by atoms with Crippen molar-refractivity contribution in [3.63, 3.8) is 0 Å². The summed E-state index contributed by atoms with van der Waals surface area (Å²) in [5.41, 5.74) is 2.80. The van der Waals surface area contributed by atoms with Gasteiger partial charge in [-0.05, 0) is 41.5 Å². The van der Waals surface area contributed by atoms with Gasteiger partial charge in [-0.25, -0.2) is 0 Å². The number of hydrogen-bond acceptors (Lipinski definition) is 5. The maximum Gasteiger partial charge on any atom is 0.0916 e. The summed E-state index contributed by atoms with van der Waals surface area (Å²) in [5.74, 6) is 0. The summed E-state index contributed by atoms with van der Waals surface area (Å²) >= 11 is 0. The van der Waals surface area contributed by atoms with Crippen LogP contribution in [0.5, 0.6) is 0 Å². The molecule has 5 nitrogen and oxygen atoms in total. The zero-order valence-corrected chi connectivity index (χ0v) is 13.4. The second-order valence-electron chi connectivity index (χ2n) is 6.39. The Bertz CT molecular complexity index is 186. The molecule has 0 aliphatic carbocycles. The number of hydroxylamine groups is 1. The van der Waals surface area contributed by atoms with E-state index in [2.05, 4.69) is 5.48 Å². The van der Waals surface area contributed by atoms with E-state index >= 15 is 0 Å². The molecule has 1 N–H and O–H groups in total. The van der Waals surface area contributed by atoms with Crippen molar-refractivity contribution >= 4 is 0 Å². The molecule has 0 rings (SSSR count). The Hall–Kier alpha value is -0.200. The van der Waals surface area contributed by atoms with Gasteiger partial charge in [-0.2, -0.15) is 5.48 Å². The zero-order chi connectivity index (χ0) is 14.8. The van der Waals surface area contributed by atoms with E-state index in [-0.39, 0.29) is 11.1 Å². The van der Waals surface area contributed by atoms with Crippen LogP contribution >= 0.6 is 0 Å². The van der Waals surface area contributed by atoms with Crippen molar-refractivity contribution in [1.82, 2.24) is 5.48 Å². The smallest absolute Gasteiger partial charge is 0.0916 e. The fraction of sp³-hybridized carbons (Fsp3) is 1.00. The number of ether oxygens (including phenoxy) is 3. The topological polar surface area (TPSA) is 49.0 Å². The van der Waals surface area contributed by atoms with Crippen LogP contribution in [0.2, 0.25) is 0 Å². The third-order valence-corrected chi connectivity index (χ3v) is 1.84. The Morgan fingerprint density at radius 2 is 1.16 bits per heavy atom. The molecule has 0 aliphatic heterocycles. The van der Waals surface area contributed by atoms with Crippen molar-refractivity contribution in [2.45, 2.75) is 52.7 Å². The highest BCUT2D eigenvalue weighted by Gasteiger charge is 2.09. The molecule has 0 bridgehead atoms. The molecule has 0 amide bonds. The van der Waals surface area contributed by atoms with Crippen LogP contribution in [-0.4, -0.2) is 50.8 Å². The van der Waals surface area contributed by atoms with Gasteiger partial charge in [0.15, 0.2) is 0 Å². The summed E-state index contributed by atoms with van der Waals surface area (Å²) in [6.07, 6.45) is 0. The third-order valence-electron chi connectivity index (χ3n) is 1.84. The molecule has 0 fully saturated rings. The van der Waals surface area contributed by atoms with Crippen molar-refractivity contribution in [1.29, 1.82) is 0 Å². The molecule has 0 saturated carbocycles. The average molecular weight is 277 g/mol. The monoisotopic (exact) mass is 277 g/mol. The molecule has 0 atom stereocenters. The van der Waals surface area contributed by atoms with Gasteiger partial charge in [-0.3, -0.25) is 4.84 Å². The van der Waals surface area contributed by atoms with Gasteiger partial charge in [-0.1, -0.05) is 0 Å². The minimum absolute atomic E-state index is 0.0316. The van der Waals surface area contributed by atoms with Gasteiger partial charge < -0.3 is 14.2 Å². The van der Waals surface area contributed by atoms with Crippen molar-refractivity contribution in [2.75, 3.05) is 39.6 Å². The molecule has 0 spiro atoms. The van der Waals surface area contributed by atoms with Crippen LogP contribution in [0, 0.1) is 0 Å². The van der Waals surface area contributed by atoms with E-state index in [4.69, 9.17) is 19.0 Å². The van der Waals surface area contributed by atoms with Crippen LogP contribution in [-0.2, 0) is 19.0 Å². The first-order chi connectivity index (χ1) is 8.71. The predicted octanol–water partition coefficient (Wildman–Crippen LogP) is 2.15. The lowest BCUT2D eigenvalue weighted by Crippen LogP contribution is -2.36. The van der Waals surface area contributed by atoms with E-state index in [9.17, 15) is 0 Å². The predicted molar refractivity (Wildman–Crippen MR) is 76.2 cm³/mol. The summed E-state index contributed by atoms with van der Waals surface area (Å²) in [6.45, 7) is 15.7. The van der Waals surface area contributed by atoms with Gasteiger partial charge in [0, 0.05) is 5.54 Å². The lowest BCUT2D eigenvalue weighted by Gasteiger charge is -2.20. The highest BCUT2D eigenvalue weighted by atomic mass is 16.7. The van der Waals surface area contributed by atoms with E-state index in [1.54, 1.807) is 0 Å². The molecule has 116 valence electrons. The highest BCUT2D eigenvalue weighted by molar-refractivity contribution is 4.63. The summed E-state index contributed by atoms with van der Waals surface area (Å²) < 4.78 is 16.3. The molecular formula is C14H31NO4. The Balaban J connectivity index is 3.12. The second kappa shape index (κ2) is 9.66. The molecule has 5 heteroatoms. The molecule has 0 radical (unpaired) electrons. The van der Waals surface area contributed by atoms with Crippen molar-refractivity contribution in [3.05, 3.63) is 0 Å². The normalized spacial score (nSPS) is 12.9. The first-order valence-electron chi connectivity index (χ1n) is 6.89. The van der Waals surface area contributed by atoms with Crippen LogP contribution in [0.1, 0.15) is 41.5 Å². The van der Waals surface area contributed by atoms with Gasteiger partial charge in [0.2, 0.25) is 0 Å². The SMILES string of the molecule is CC(C)(C)NOCCOCCOCCOC(C)(C)C. The lowest BCUT2D eigenvalue weighted by molar-refractivity contribution is -0.0563. The highest BCUT2D eigenvalue weighted by Crippen LogP contribution is 2.05. The third kappa shape index (κ3) is 17.8. The molecule has 0 aromatic carbocycles. The van der Waals surface area contributed by atoms with Gasteiger partial charge in [0.25, 0.3) is 0 Å².